The number of carbonyl (C=O) groups excluding carboxylic acids is 1. The fraction of sp³-hybridized carbons (Fsp3) is 0.485. The van der Waals surface area contributed by atoms with Crippen LogP contribution in [0.2, 0.25) is 5.02 Å². The molecule has 7 nitrogen and oxygen atoms in total. The first-order chi connectivity index (χ1) is 20.1. The van der Waals surface area contributed by atoms with Crippen molar-refractivity contribution in [3.8, 4) is 5.75 Å². The number of aliphatic hydroxyl groups excluding tert-OH is 1. The fourth-order valence-corrected chi connectivity index (χ4v) is 8.12. The largest absolute Gasteiger partial charge is 0.490 e. The maximum atomic E-state index is 13.1. The SMILES string of the molecule is C=CCCCS(=O)(=O)NC(=O)c1ccc2c(c1)N(C[C@@H]1CC[C@H]1C(O)CC=C)C[C@@]1(CCCc3cc(Cl)ccc31)CO2. The smallest absolute Gasteiger partial charge is 0.264 e. The van der Waals surface area contributed by atoms with Crippen molar-refractivity contribution in [3.05, 3.63) is 83.4 Å². The zero-order valence-electron chi connectivity index (χ0n) is 24.1. The Kier molecular flexibility index (Phi) is 9.35. The topological polar surface area (TPSA) is 95.9 Å². The molecule has 2 aliphatic carbocycles. The highest BCUT2D eigenvalue weighted by molar-refractivity contribution is 7.90. The van der Waals surface area contributed by atoms with Crippen molar-refractivity contribution in [2.45, 2.75) is 62.9 Å². The molecule has 1 unspecified atom stereocenters. The van der Waals surface area contributed by atoms with Crippen LogP contribution in [0.15, 0.2) is 61.7 Å². The summed E-state index contributed by atoms with van der Waals surface area (Å²) >= 11 is 6.38. The molecule has 1 fully saturated rings. The molecule has 0 aromatic heterocycles. The molecule has 2 aromatic rings. The Hall–Kier alpha value is -2.81. The van der Waals surface area contributed by atoms with Crippen molar-refractivity contribution in [2.75, 3.05) is 30.3 Å². The second-order valence-corrected chi connectivity index (χ2v) is 14.3. The number of nitrogens with zero attached hydrogens (tertiary/aromatic N) is 1. The van der Waals surface area contributed by atoms with Crippen LogP contribution in [0.3, 0.4) is 0 Å². The lowest BCUT2D eigenvalue weighted by molar-refractivity contribution is 0.0178. The summed E-state index contributed by atoms with van der Waals surface area (Å²) in [6, 6.07) is 11.3. The summed E-state index contributed by atoms with van der Waals surface area (Å²) in [5.41, 5.74) is 3.25. The van der Waals surface area contributed by atoms with Crippen LogP contribution in [0.5, 0.6) is 5.75 Å². The fourth-order valence-electron chi connectivity index (χ4n) is 6.88. The Morgan fingerprint density at radius 3 is 2.79 bits per heavy atom. The molecule has 0 bridgehead atoms. The van der Waals surface area contributed by atoms with Gasteiger partial charge in [0.15, 0.2) is 0 Å². The molecule has 0 radical (unpaired) electrons. The number of carbonyl (C=O) groups is 1. The quantitative estimate of drug-likeness (QED) is 0.246. The van der Waals surface area contributed by atoms with Crippen molar-refractivity contribution >= 4 is 33.2 Å². The Bertz CT molecular complexity index is 1440. The van der Waals surface area contributed by atoms with Gasteiger partial charge in [0.1, 0.15) is 5.75 Å². The van der Waals surface area contributed by atoms with E-state index >= 15 is 0 Å². The summed E-state index contributed by atoms with van der Waals surface area (Å²) < 4.78 is 33.8. The van der Waals surface area contributed by atoms with E-state index < -0.39 is 22.0 Å². The maximum absolute atomic E-state index is 13.1. The highest BCUT2D eigenvalue weighted by Gasteiger charge is 2.44. The molecular formula is C33H41ClN2O5S. The molecule has 1 aliphatic heterocycles. The highest BCUT2D eigenvalue weighted by atomic mass is 35.5. The lowest BCUT2D eigenvalue weighted by atomic mass is 9.68. The van der Waals surface area contributed by atoms with Crippen molar-refractivity contribution < 1.29 is 23.1 Å². The summed E-state index contributed by atoms with van der Waals surface area (Å²) in [4.78, 5) is 15.4. The van der Waals surface area contributed by atoms with Crippen LogP contribution in [0.4, 0.5) is 5.69 Å². The van der Waals surface area contributed by atoms with Gasteiger partial charge in [-0.2, -0.15) is 0 Å². The molecule has 1 heterocycles. The first-order valence-electron chi connectivity index (χ1n) is 14.9. The number of nitrogens with one attached hydrogen (secondary N) is 1. The van der Waals surface area contributed by atoms with Crippen molar-refractivity contribution in [1.82, 2.24) is 4.72 Å². The minimum Gasteiger partial charge on any atom is -0.490 e. The van der Waals surface area contributed by atoms with Crippen LogP contribution in [0, 0.1) is 11.8 Å². The molecular weight excluding hydrogens is 572 g/mol. The third-order valence-electron chi connectivity index (χ3n) is 9.20. The molecule has 9 heteroatoms. The summed E-state index contributed by atoms with van der Waals surface area (Å²) in [5.74, 6) is 0.319. The van der Waals surface area contributed by atoms with E-state index in [0.29, 0.717) is 44.7 Å². The van der Waals surface area contributed by atoms with Gasteiger partial charge < -0.3 is 14.7 Å². The minimum absolute atomic E-state index is 0.146. The number of fused-ring (bicyclic) bond motifs is 3. The average molecular weight is 613 g/mol. The molecule has 42 heavy (non-hydrogen) atoms. The van der Waals surface area contributed by atoms with Crippen molar-refractivity contribution in [1.29, 1.82) is 0 Å². The Labute approximate surface area is 254 Å². The molecule has 4 atom stereocenters. The minimum atomic E-state index is -3.78. The lowest BCUT2D eigenvalue weighted by Gasteiger charge is -2.45. The van der Waals surface area contributed by atoms with E-state index in [1.54, 1.807) is 30.4 Å². The number of anilines is 1. The van der Waals surface area contributed by atoms with Gasteiger partial charge in [-0.3, -0.25) is 4.79 Å². The number of rotatable bonds is 11. The van der Waals surface area contributed by atoms with Gasteiger partial charge in [-0.15, -0.1) is 13.2 Å². The second kappa shape index (κ2) is 12.8. The molecule has 1 amide bonds. The molecule has 2 N–H and O–H groups in total. The number of hydrogen-bond acceptors (Lipinski definition) is 6. The summed E-state index contributed by atoms with van der Waals surface area (Å²) in [6.45, 7) is 9.29. The predicted molar refractivity (Wildman–Crippen MR) is 168 cm³/mol. The highest BCUT2D eigenvalue weighted by Crippen LogP contribution is 2.46. The van der Waals surface area contributed by atoms with Crippen molar-refractivity contribution in [2.24, 2.45) is 11.8 Å². The molecule has 0 saturated heterocycles. The predicted octanol–water partition coefficient (Wildman–Crippen LogP) is 5.80. The van der Waals surface area contributed by atoms with Gasteiger partial charge in [-0.25, -0.2) is 13.1 Å². The number of allylic oxidation sites excluding steroid dienone is 1. The van der Waals surface area contributed by atoms with E-state index in [-0.39, 0.29) is 28.6 Å². The number of halogens is 1. The lowest BCUT2D eigenvalue weighted by Crippen LogP contribution is -2.49. The molecule has 5 rings (SSSR count). The van der Waals surface area contributed by atoms with Gasteiger partial charge >= 0.3 is 0 Å². The Balaban J connectivity index is 1.47. The van der Waals surface area contributed by atoms with Crippen LogP contribution in [0.25, 0.3) is 0 Å². The first-order valence-corrected chi connectivity index (χ1v) is 16.9. The van der Waals surface area contributed by atoms with Gasteiger partial charge in [-0.05, 0) is 105 Å². The second-order valence-electron chi connectivity index (χ2n) is 12.1. The number of aryl methyl sites for hydroxylation is 1. The number of sulfonamides is 1. The third kappa shape index (κ3) is 6.56. The standard InChI is InChI=1S/C33H41ClN2O5S/c1-3-5-6-17-42(39,40)35-32(38)24-11-15-31-29(19-24)36(20-25-10-13-27(25)30(37)8-4-2)21-33(22-41-31)16-7-9-23-18-26(34)12-14-28(23)33/h3-4,11-12,14-15,18-19,25,27,30,37H,1-2,5-10,13,16-17,20-22H2,(H,35,38)/t25-,27+,30?,33-/m0/s1. The van der Waals surface area contributed by atoms with Crippen LogP contribution < -0.4 is 14.4 Å². The Morgan fingerprint density at radius 1 is 1.21 bits per heavy atom. The van der Waals surface area contributed by atoms with E-state index in [1.807, 2.05) is 6.07 Å². The molecule has 2 aromatic carbocycles. The van der Waals surface area contributed by atoms with Crippen LogP contribution in [-0.2, 0) is 21.9 Å². The van der Waals surface area contributed by atoms with Crippen molar-refractivity contribution in [3.63, 3.8) is 0 Å². The molecule has 1 saturated carbocycles. The van der Waals surface area contributed by atoms with Gasteiger partial charge in [-0.1, -0.05) is 29.8 Å². The van der Waals surface area contributed by atoms with E-state index in [9.17, 15) is 18.3 Å². The zero-order valence-corrected chi connectivity index (χ0v) is 25.6. The first kappa shape index (κ1) is 30.6. The Morgan fingerprint density at radius 2 is 2.05 bits per heavy atom. The molecule has 3 aliphatic rings. The summed E-state index contributed by atoms with van der Waals surface area (Å²) in [6.07, 6.45) is 9.42. The average Bonchev–Trinajstić information content (AvgIpc) is 3.08. The van der Waals surface area contributed by atoms with Crippen LogP contribution >= 0.6 is 11.6 Å². The number of amides is 1. The number of ether oxygens (including phenoxy) is 1. The summed E-state index contributed by atoms with van der Waals surface area (Å²) in [5, 5.41) is 11.5. The zero-order chi connectivity index (χ0) is 29.9. The molecule has 226 valence electrons. The normalized spacial score (nSPS) is 23.9. The van der Waals surface area contributed by atoms with E-state index in [2.05, 4.69) is 34.9 Å². The third-order valence-corrected chi connectivity index (χ3v) is 10.8. The van der Waals surface area contributed by atoms with E-state index in [1.165, 1.54) is 11.1 Å². The number of hydrogen-bond donors (Lipinski definition) is 2. The van der Waals surface area contributed by atoms with Crippen LogP contribution in [-0.4, -0.2) is 51.0 Å². The van der Waals surface area contributed by atoms with Gasteiger partial charge in [0.25, 0.3) is 5.91 Å². The molecule has 1 spiro atoms. The number of unbranched alkanes of at least 4 members (excludes halogenated alkanes) is 1. The van der Waals surface area contributed by atoms with E-state index in [0.717, 1.165) is 42.8 Å². The van der Waals surface area contributed by atoms with Gasteiger partial charge in [0.05, 0.1) is 24.2 Å². The summed E-state index contributed by atoms with van der Waals surface area (Å²) in [7, 11) is -3.78. The van der Waals surface area contributed by atoms with Crippen LogP contribution in [0.1, 0.15) is 66.4 Å². The number of benzene rings is 2. The van der Waals surface area contributed by atoms with E-state index in [4.69, 9.17) is 16.3 Å². The van der Waals surface area contributed by atoms with Gasteiger partial charge in [0, 0.05) is 29.1 Å². The van der Waals surface area contributed by atoms with Gasteiger partial charge in [0.2, 0.25) is 10.0 Å². The number of aliphatic hydroxyl groups is 1. The maximum Gasteiger partial charge on any atom is 0.264 e. The monoisotopic (exact) mass is 612 g/mol.